The van der Waals surface area contributed by atoms with Gasteiger partial charge in [-0.3, -0.25) is 0 Å². The lowest BCUT2D eigenvalue weighted by Crippen LogP contribution is -2.36. The van der Waals surface area contributed by atoms with E-state index in [2.05, 4.69) is 51.3 Å². The minimum atomic E-state index is 0.470. The molecule has 2 fully saturated rings. The van der Waals surface area contributed by atoms with E-state index in [0.29, 0.717) is 10.8 Å². The molecule has 1 aliphatic heterocycles. The predicted molar refractivity (Wildman–Crippen MR) is 106 cm³/mol. The molecule has 2 aliphatic rings. The molecule has 0 unspecified atom stereocenters. The molecule has 2 nitrogen and oxygen atoms in total. The summed E-state index contributed by atoms with van der Waals surface area (Å²) in [4.78, 5) is 5.49. The summed E-state index contributed by atoms with van der Waals surface area (Å²) in [5.41, 5.74) is 0.985. The molecule has 2 rings (SSSR count). The third-order valence-electron chi connectivity index (χ3n) is 6.45. The summed E-state index contributed by atoms with van der Waals surface area (Å²) in [6.07, 6.45) is 8.53. The molecular weight excluding hydrogens is 292 g/mol. The van der Waals surface area contributed by atoms with E-state index in [1.54, 1.807) is 0 Å². The Morgan fingerprint density at radius 2 is 1.33 bits per heavy atom. The number of rotatable bonds is 4. The molecule has 1 saturated carbocycles. The van der Waals surface area contributed by atoms with Gasteiger partial charge in [-0.15, -0.1) is 0 Å². The van der Waals surface area contributed by atoms with E-state index in [0.717, 1.165) is 11.8 Å². The average molecular weight is 337 g/mol. The standard InChI is InChI=1S/C22H44N2/c1-21(2,3)12-15-23-13-7-14-24(17-16-23)18-19-8-10-20(11-9-19)22(4,5)6/h19-20H,7-18H2,1-6H3. The maximum absolute atomic E-state index is 2.78. The first-order valence-electron chi connectivity index (χ1n) is 10.6. The lowest BCUT2D eigenvalue weighted by molar-refractivity contribution is 0.125. The number of nitrogens with zero attached hydrogens (tertiary/aromatic N) is 2. The van der Waals surface area contributed by atoms with E-state index in [1.807, 2.05) is 0 Å². The van der Waals surface area contributed by atoms with Gasteiger partial charge in [0.25, 0.3) is 0 Å². The highest BCUT2D eigenvalue weighted by Gasteiger charge is 2.30. The van der Waals surface area contributed by atoms with Crippen molar-refractivity contribution in [1.29, 1.82) is 0 Å². The van der Waals surface area contributed by atoms with Gasteiger partial charge < -0.3 is 9.80 Å². The van der Waals surface area contributed by atoms with E-state index in [1.165, 1.54) is 77.8 Å². The lowest BCUT2D eigenvalue weighted by atomic mass is 9.70. The second-order valence-electron chi connectivity index (χ2n) is 10.9. The molecule has 0 N–H and O–H groups in total. The van der Waals surface area contributed by atoms with Crippen molar-refractivity contribution in [3.8, 4) is 0 Å². The fourth-order valence-electron chi connectivity index (χ4n) is 4.50. The average Bonchev–Trinajstić information content (AvgIpc) is 2.69. The maximum Gasteiger partial charge on any atom is 0.0109 e. The van der Waals surface area contributed by atoms with Crippen LogP contribution in [0.2, 0.25) is 0 Å². The molecule has 0 bridgehead atoms. The van der Waals surface area contributed by atoms with Crippen LogP contribution in [-0.4, -0.2) is 49.1 Å². The Hall–Kier alpha value is -0.0800. The van der Waals surface area contributed by atoms with Crippen molar-refractivity contribution in [3.63, 3.8) is 0 Å². The zero-order chi connectivity index (χ0) is 17.8. The maximum atomic E-state index is 2.78. The van der Waals surface area contributed by atoms with Gasteiger partial charge in [0.2, 0.25) is 0 Å². The number of hydrogen-bond donors (Lipinski definition) is 0. The van der Waals surface area contributed by atoms with Crippen LogP contribution in [-0.2, 0) is 0 Å². The summed E-state index contributed by atoms with van der Waals surface area (Å²) in [7, 11) is 0. The fourth-order valence-corrected chi connectivity index (χ4v) is 4.50. The molecule has 2 heteroatoms. The molecular formula is C22H44N2. The quantitative estimate of drug-likeness (QED) is 0.689. The van der Waals surface area contributed by atoms with Gasteiger partial charge in [-0.1, -0.05) is 41.5 Å². The highest BCUT2D eigenvalue weighted by Crippen LogP contribution is 2.40. The van der Waals surface area contributed by atoms with Gasteiger partial charge in [0.1, 0.15) is 0 Å². The van der Waals surface area contributed by atoms with Crippen LogP contribution in [0.3, 0.4) is 0 Å². The van der Waals surface area contributed by atoms with Crippen LogP contribution < -0.4 is 0 Å². The first-order chi connectivity index (χ1) is 11.1. The second kappa shape index (κ2) is 8.54. The monoisotopic (exact) mass is 336 g/mol. The van der Waals surface area contributed by atoms with Gasteiger partial charge in [-0.05, 0) is 80.8 Å². The Balaban J connectivity index is 1.69. The number of hydrogen-bond acceptors (Lipinski definition) is 2. The predicted octanol–water partition coefficient (Wildman–Crippen LogP) is 5.28. The lowest BCUT2D eigenvalue weighted by Gasteiger charge is -2.38. The van der Waals surface area contributed by atoms with E-state index >= 15 is 0 Å². The Morgan fingerprint density at radius 1 is 0.750 bits per heavy atom. The zero-order valence-corrected chi connectivity index (χ0v) is 17.5. The summed E-state index contributed by atoms with van der Waals surface area (Å²) < 4.78 is 0. The van der Waals surface area contributed by atoms with Crippen LogP contribution in [0.1, 0.15) is 80.1 Å². The molecule has 1 saturated heterocycles. The van der Waals surface area contributed by atoms with Gasteiger partial charge in [0, 0.05) is 19.6 Å². The largest absolute Gasteiger partial charge is 0.302 e. The third kappa shape index (κ3) is 7.04. The van der Waals surface area contributed by atoms with E-state index < -0.39 is 0 Å². The Labute approximate surface area is 152 Å². The summed E-state index contributed by atoms with van der Waals surface area (Å²) in [5.74, 6) is 1.91. The third-order valence-corrected chi connectivity index (χ3v) is 6.45. The molecule has 0 aromatic rings. The minimum absolute atomic E-state index is 0.470. The van der Waals surface area contributed by atoms with Crippen molar-refractivity contribution in [1.82, 2.24) is 9.80 Å². The highest BCUT2D eigenvalue weighted by molar-refractivity contribution is 4.82. The molecule has 1 heterocycles. The first kappa shape index (κ1) is 20.2. The van der Waals surface area contributed by atoms with Crippen LogP contribution in [0.25, 0.3) is 0 Å². The van der Waals surface area contributed by atoms with E-state index in [-0.39, 0.29) is 0 Å². The van der Waals surface area contributed by atoms with Gasteiger partial charge in [0.15, 0.2) is 0 Å². The van der Waals surface area contributed by atoms with Crippen molar-refractivity contribution >= 4 is 0 Å². The minimum Gasteiger partial charge on any atom is -0.302 e. The smallest absolute Gasteiger partial charge is 0.0109 e. The second-order valence-corrected chi connectivity index (χ2v) is 10.9. The molecule has 0 aromatic heterocycles. The van der Waals surface area contributed by atoms with Crippen molar-refractivity contribution in [2.45, 2.75) is 80.1 Å². The summed E-state index contributed by atoms with van der Waals surface area (Å²) in [5, 5.41) is 0. The first-order valence-corrected chi connectivity index (χ1v) is 10.6. The van der Waals surface area contributed by atoms with Gasteiger partial charge in [-0.25, -0.2) is 0 Å². The molecule has 142 valence electrons. The highest BCUT2D eigenvalue weighted by atomic mass is 15.2. The molecule has 0 amide bonds. The molecule has 0 spiro atoms. The molecule has 0 aromatic carbocycles. The summed E-state index contributed by atoms with van der Waals surface area (Å²) in [6.45, 7) is 22.3. The van der Waals surface area contributed by atoms with Crippen LogP contribution in [0.4, 0.5) is 0 Å². The molecule has 1 aliphatic carbocycles. The summed E-state index contributed by atoms with van der Waals surface area (Å²) in [6, 6.07) is 0. The topological polar surface area (TPSA) is 6.48 Å². The van der Waals surface area contributed by atoms with Crippen LogP contribution in [0.5, 0.6) is 0 Å². The van der Waals surface area contributed by atoms with Gasteiger partial charge in [-0.2, -0.15) is 0 Å². The van der Waals surface area contributed by atoms with Crippen LogP contribution >= 0.6 is 0 Å². The molecule has 24 heavy (non-hydrogen) atoms. The zero-order valence-electron chi connectivity index (χ0n) is 17.5. The van der Waals surface area contributed by atoms with Gasteiger partial charge in [0.05, 0.1) is 0 Å². The van der Waals surface area contributed by atoms with Crippen molar-refractivity contribution in [2.24, 2.45) is 22.7 Å². The van der Waals surface area contributed by atoms with Crippen molar-refractivity contribution < 1.29 is 0 Å². The Morgan fingerprint density at radius 3 is 1.92 bits per heavy atom. The normalized spacial score (nSPS) is 28.8. The molecule has 0 atom stereocenters. The fraction of sp³-hybridized carbons (Fsp3) is 1.00. The Bertz CT molecular complexity index is 355. The van der Waals surface area contributed by atoms with Crippen molar-refractivity contribution in [2.75, 3.05) is 39.3 Å². The van der Waals surface area contributed by atoms with E-state index in [9.17, 15) is 0 Å². The van der Waals surface area contributed by atoms with Gasteiger partial charge >= 0.3 is 0 Å². The van der Waals surface area contributed by atoms with Crippen LogP contribution in [0.15, 0.2) is 0 Å². The molecule has 0 radical (unpaired) electrons. The summed E-state index contributed by atoms with van der Waals surface area (Å²) >= 11 is 0. The van der Waals surface area contributed by atoms with E-state index in [4.69, 9.17) is 0 Å². The SMILES string of the molecule is CC(C)(C)CCN1CCCN(CC2CCC(C(C)(C)C)CC2)CC1. The van der Waals surface area contributed by atoms with Crippen molar-refractivity contribution in [3.05, 3.63) is 0 Å². The Kier molecular flexibility index (Phi) is 7.20. The van der Waals surface area contributed by atoms with Crippen LogP contribution in [0, 0.1) is 22.7 Å².